The number of piperazine rings is 1. The first kappa shape index (κ1) is 28.1. The summed E-state index contributed by atoms with van der Waals surface area (Å²) >= 11 is 0. The highest BCUT2D eigenvalue weighted by atomic mass is 32.2. The molecule has 0 radical (unpaired) electrons. The van der Waals surface area contributed by atoms with Crippen molar-refractivity contribution in [3.05, 3.63) is 65.7 Å². The maximum absolute atomic E-state index is 13.0. The summed E-state index contributed by atoms with van der Waals surface area (Å²) in [6.45, 7) is 4.75. The van der Waals surface area contributed by atoms with Gasteiger partial charge in [-0.3, -0.25) is 4.79 Å². The molecule has 0 aromatic heterocycles. The fourth-order valence-electron chi connectivity index (χ4n) is 3.94. The molecule has 1 fully saturated rings. The molecule has 1 heterocycles. The van der Waals surface area contributed by atoms with E-state index in [1.165, 1.54) is 9.21 Å². The average Bonchev–Trinajstić information content (AvgIpc) is 2.90. The van der Waals surface area contributed by atoms with Gasteiger partial charge in [0, 0.05) is 32.6 Å². The Morgan fingerprint density at radius 3 is 2.16 bits per heavy atom. The number of nitrogens with zero attached hydrogens (tertiary/aromatic N) is 2. The summed E-state index contributed by atoms with van der Waals surface area (Å²) in [5.41, 5.74) is 1.81. The third-order valence-electron chi connectivity index (χ3n) is 6.23. The quantitative estimate of drug-likeness (QED) is 0.482. The van der Waals surface area contributed by atoms with Crippen LogP contribution in [0.15, 0.2) is 59.5 Å². The summed E-state index contributed by atoms with van der Waals surface area (Å²) in [5.74, 6) is -1.28. The molecule has 0 spiro atoms. The monoisotopic (exact) mass is 531 g/mol. The van der Waals surface area contributed by atoms with Crippen molar-refractivity contribution in [2.24, 2.45) is 0 Å². The van der Waals surface area contributed by atoms with Crippen molar-refractivity contribution in [1.29, 1.82) is 0 Å². The Morgan fingerprint density at radius 1 is 0.973 bits per heavy atom. The zero-order valence-corrected chi connectivity index (χ0v) is 21.8. The minimum absolute atomic E-state index is 0.00695. The van der Waals surface area contributed by atoms with Crippen molar-refractivity contribution < 1.29 is 32.6 Å². The Kier molecular flexibility index (Phi) is 9.65. The normalized spacial score (nSPS) is 15.3. The lowest BCUT2D eigenvalue weighted by atomic mass is 10.0. The first-order valence-corrected chi connectivity index (χ1v) is 13.6. The van der Waals surface area contributed by atoms with Crippen molar-refractivity contribution in [2.75, 3.05) is 26.2 Å². The molecule has 200 valence electrons. The molecule has 2 aromatic carbocycles. The van der Waals surface area contributed by atoms with Gasteiger partial charge in [0.15, 0.2) is 0 Å². The molecular formula is C26H33N3O7S. The molecule has 1 saturated heterocycles. The number of alkyl carbamates (subject to hydrolysis) is 1. The molecule has 1 aliphatic heterocycles. The molecule has 2 N–H and O–H groups in total. The van der Waals surface area contributed by atoms with E-state index in [1.54, 1.807) is 36.4 Å². The predicted molar refractivity (Wildman–Crippen MR) is 136 cm³/mol. The molecule has 37 heavy (non-hydrogen) atoms. The van der Waals surface area contributed by atoms with Gasteiger partial charge in [-0.15, -0.1) is 0 Å². The van der Waals surface area contributed by atoms with Crippen molar-refractivity contribution >= 4 is 28.0 Å². The third kappa shape index (κ3) is 7.77. The summed E-state index contributed by atoms with van der Waals surface area (Å²) in [5, 5.41) is 11.7. The molecule has 0 aliphatic carbocycles. The van der Waals surface area contributed by atoms with Gasteiger partial charge in [-0.25, -0.2) is 18.0 Å². The summed E-state index contributed by atoms with van der Waals surface area (Å²) in [7, 11) is -3.67. The van der Waals surface area contributed by atoms with E-state index in [0.29, 0.717) is 5.92 Å². The lowest BCUT2D eigenvalue weighted by Crippen LogP contribution is -2.50. The molecule has 10 nitrogen and oxygen atoms in total. The summed E-state index contributed by atoms with van der Waals surface area (Å²) in [6, 6.07) is 14.5. The number of carboxylic acid groups (broad SMARTS) is 1. The molecule has 2 amide bonds. The highest BCUT2D eigenvalue weighted by Crippen LogP contribution is 2.21. The number of aliphatic carboxylic acids is 1. The number of carbonyl (C=O) groups is 3. The van der Waals surface area contributed by atoms with Crippen LogP contribution in [0.1, 0.15) is 43.7 Å². The van der Waals surface area contributed by atoms with Crippen LogP contribution in [-0.2, 0) is 31.0 Å². The maximum atomic E-state index is 13.0. The summed E-state index contributed by atoms with van der Waals surface area (Å²) in [4.78, 5) is 38.0. The van der Waals surface area contributed by atoms with Gasteiger partial charge in [0.2, 0.25) is 15.9 Å². The molecule has 1 aliphatic rings. The number of hydrogen-bond donors (Lipinski definition) is 2. The van der Waals surface area contributed by atoms with Crippen LogP contribution < -0.4 is 5.32 Å². The van der Waals surface area contributed by atoms with E-state index in [1.807, 2.05) is 32.0 Å². The van der Waals surface area contributed by atoms with Crippen LogP contribution in [0.25, 0.3) is 0 Å². The Balaban J connectivity index is 1.47. The van der Waals surface area contributed by atoms with Gasteiger partial charge >= 0.3 is 12.1 Å². The molecular weight excluding hydrogens is 498 g/mol. The van der Waals surface area contributed by atoms with E-state index in [9.17, 15) is 27.9 Å². The second kappa shape index (κ2) is 12.7. The fourth-order valence-corrected chi connectivity index (χ4v) is 5.36. The number of rotatable bonds is 10. The van der Waals surface area contributed by atoms with Crippen LogP contribution >= 0.6 is 0 Å². The van der Waals surface area contributed by atoms with Gasteiger partial charge in [-0.2, -0.15) is 4.31 Å². The maximum Gasteiger partial charge on any atom is 0.408 e. The molecule has 11 heteroatoms. The van der Waals surface area contributed by atoms with E-state index in [2.05, 4.69) is 5.32 Å². The molecule has 1 atom stereocenters. The van der Waals surface area contributed by atoms with Crippen LogP contribution in [0.2, 0.25) is 0 Å². The molecule has 0 unspecified atom stereocenters. The van der Waals surface area contributed by atoms with Crippen LogP contribution in [0.3, 0.4) is 0 Å². The lowest BCUT2D eigenvalue weighted by molar-refractivity contribution is -0.140. The zero-order valence-electron chi connectivity index (χ0n) is 21.0. The molecule has 2 aromatic rings. The minimum Gasteiger partial charge on any atom is -0.480 e. The Morgan fingerprint density at radius 2 is 1.59 bits per heavy atom. The second-order valence-corrected chi connectivity index (χ2v) is 11.1. The topological polar surface area (TPSA) is 133 Å². The second-order valence-electron chi connectivity index (χ2n) is 9.14. The average molecular weight is 532 g/mol. The van der Waals surface area contributed by atoms with E-state index in [4.69, 9.17) is 4.74 Å². The number of carbonyl (C=O) groups excluding carboxylic acids is 2. The predicted octanol–water partition coefficient (Wildman–Crippen LogP) is 2.80. The molecule has 0 saturated carbocycles. The fraction of sp³-hybridized carbons (Fsp3) is 0.423. The van der Waals surface area contributed by atoms with Gasteiger partial charge in [0.05, 0.1) is 4.90 Å². The third-order valence-corrected chi connectivity index (χ3v) is 8.14. The zero-order chi connectivity index (χ0) is 27.0. The first-order valence-electron chi connectivity index (χ1n) is 12.2. The molecule has 0 bridgehead atoms. The number of sulfonamides is 1. The Hall–Kier alpha value is -3.44. The summed E-state index contributed by atoms with van der Waals surface area (Å²) in [6.07, 6.45) is -1.11. The van der Waals surface area contributed by atoms with Crippen LogP contribution in [0.4, 0.5) is 4.79 Å². The van der Waals surface area contributed by atoms with E-state index in [0.717, 1.165) is 11.1 Å². The number of carboxylic acids is 1. The lowest BCUT2D eigenvalue weighted by Gasteiger charge is -2.34. The minimum atomic E-state index is -3.67. The van der Waals surface area contributed by atoms with Gasteiger partial charge in [0.1, 0.15) is 12.6 Å². The first-order chi connectivity index (χ1) is 17.6. The number of hydrogen-bond acceptors (Lipinski definition) is 6. The van der Waals surface area contributed by atoms with Gasteiger partial charge < -0.3 is 20.1 Å². The van der Waals surface area contributed by atoms with Gasteiger partial charge in [0.25, 0.3) is 0 Å². The Bertz CT molecular complexity index is 1180. The van der Waals surface area contributed by atoms with Crippen LogP contribution in [0.5, 0.6) is 0 Å². The van der Waals surface area contributed by atoms with Gasteiger partial charge in [-0.1, -0.05) is 56.3 Å². The van der Waals surface area contributed by atoms with Crippen molar-refractivity contribution in [3.8, 4) is 0 Å². The number of ether oxygens (including phenoxy) is 1. The highest BCUT2D eigenvalue weighted by molar-refractivity contribution is 7.89. The van der Waals surface area contributed by atoms with Crippen LogP contribution in [0, 0.1) is 0 Å². The van der Waals surface area contributed by atoms with Crippen molar-refractivity contribution in [1.82, 2.24) is 14.5 Å². The largest absolute Gasteiger partial charge is 0.480 e. The molecule has 3 rings (SSSR count). The number of amides is 2. The number of benzene rings is 2. The standard InChI is InChI=1S/C26H33N3O7S/c1-19(2)21-8-10-22(11-9-21)37(34,35)29-16-14-28(15-17-29)24(30)13-12-23(25(31)32)27-26(33)36-18-20-6-4-3-5-7-20/h3-11,19,23H,12-18H2,1-2H3,(H,27,33)(H,31,32)/t23-/m0/s1. The van der Waals surface area contributed by atoms with E-state index < -0.39 is 28.1 Å². The SMILES string of the molecule is CC(C)c1ccc(S(=O)(=O)N2CCN(C(=O)CC[C@H](NC(=O)OCc3ccccc3)C(=O)O)CC2)cc1. The van der Waals surface area contributed by atoms with Crippen LogP contribution in [-0.4, -0.2) is 72.9 Å². The van der Waals surface area contributed by atoms with Crippen molar-refractivity contribution in [3.63, 3.8) is 0 Å². The highest BCUT2D eigenvalue weighted by Gasteiger charge is 2.31. The van der Waals surface area contributed by atoms with E-state index in [-0.39, 0.29) is 56.4 Å². The van der Waals surface area contributed by atoms with Gasteiger partial charge in [-0.05, 0) is 35.6 Å². The van der Waals surface area contributed by atoms with E-state index >= 15 is 0 Å². The summed E-state index contributed by atoms with van der Waals surface area (Å²) < 4.78 is 32.4. The Labute approximate surface area is 217 Å². The number of nitrogens with one attached hydrogen (secondary N) is 1. The smallest absolute Gasteiger partial charge is 0.408 e. The van der Waals surface area contributed by atoms with Crippen molar-refractivity contribution in [2.45, 2.75) is 50.2 Å².